The van der Waals surface area contributed by atoms with E-state index in [9.17, 15) is 23.2 Å². The molecular formula is C33H41F2N5O4. The molecule has 2 aromatic rings. The van der Waals surface area contributed by atoms with Gasteiger partial charge in [0.15, 0.2) is 0 Å². The van der Waals surface area contributed by atoms with Crippen molar-refractivity contribution in [2.24, 2.45) is 0 Å². The lowest BCUT2D eigenvalue weighted by molar-refractivity contribution is -0.115. The number of piperidine rings is 1. The number of allylic oxidation sites excluding steroid dienone is 1. The van der Waals surface area contributed by atoms with Crippen LogP contribution >= 0.6 is 0 Å². The van der Waals surface area contributed by atoms with Crippen LogP contribution < -0.4 is 16.0 Å². The molecule has 0 unspecified atom stereocenters. The Bertz CT molecular complexity index is 1460. The summed E-state index contributed by atoms with van der Waals surface area (Å²) in [7, 11) is 0. The van der Waals surface area contributed by atoms with Gasteiger partial charge in [0.2, 0.25) is 5.91 Å². The Morgan fingerprint density at radius 2 is 1.82 bits per heavy atom. The number of hydrogen-bond donors (Lipinski definition) is 3. The molecule has 9 nitrogen and oxygen atoms in total. The number of amides is 4. The predicted molar refractivity (Wildman–Crippen MR) is 169 cm³/mol. The zero-order chi connectivity index (χ0) is 32.7. The number of pyridine rings is 1. The minimum absolute atomic E-state index is 0.325. The average Bonchev–Trinajstić information content (AvgIpc) is 2.90. The van der Waals surface area contributed by atoms with Crippen LogP contribution in [0.3, 0.4) is 0 Å². The smallest absolute Gasteiger partial charge is 0.412 e. The van der Waals surface area contributed by atoms with Gasteiger partial charge in [-0.15, -0.1) is 0 Å². The molecule has 4 amide bonds. The van der Waals surface area contributed by atoms with Crippen LogP contribution in [0.15, 0.2) is 54.5 Å². The first-order valence-corrected chi connectivity index (χ1v) is 14.4. The number of hydrogen-bond acceptors (Lipinski definition) is 5. The molecular weight excluding hydrogens is 568 g/mol. The van der Waals surface area contributed by atoms with Crippen LogP contribution in [0.2, 0.25) is 0 Å². The maximum atomic E-state index is 13.1. The molecule has 236 valence electrons. The number of rotatable bonds is 8. The molecule has 11 heteroatoms. The summed E-state index contributed by atoms with van der Waals surface area (Å²) < 4.78 is 31.6. The van der Waals surface area contributed by atoms with Crippen molar-refractivity contribution in [1.29, 1.82) is 0 Å². The Hall–Kier alpha value is -4.54. The maximum absolute atomic E-state index is 13.1. The summed E-state index contributed by atoms with van der Waals surface area (Å²) in [6.45, 7) is 13.7. The molecule has 2 heterocycles. The van der Waals surface area contributed by atoms with Gasteiger partial charge in [0, 0.05) is 55.3 Å². The Kier molecular flexibility index (Phi) is 11.0. The zero-order valence-corrected chi connectivity index (χ0v) is 26.1. The third-order valence-electron chi connectivity index (χ3n) is 6.67. The van der Waals surface area contributed by atoms with Gasteiger partial charge < -0.3 is 20.3 Å². The molecule has 1 aromatic heterocycles. The molecule has 0 radical (unpaired) electrons. The van der Waals surface area contributed by atoms with Crippen molar-refractivity contribution in [3.63, 3.8) is 0 Å². The van der Waals surface area contributed by atoms with Crippen LogP contribution in [0.4, 0.5) is 24.1 Å². The van der Waals surface area contributed by atoms with Gasteiger partial charge in [-0.25, -0.2) is 18.4 Å². The van der Waals surface area contributed by atoms with Gasteiger partial charge in [-0.1, -0.05) is 18.2 Å². The number of anilines is 1. The summed E-state index contributed by atoms with van der Waals surface area (Å²) in [6, 6.07) is 5.12. The van der Waals surface area contributed by atoms with Gasteiger partial charge in [-0.05, 0) is 88.4 Å². The second-order valence-electron chi connectivity index (χ2n) is 11.9. The number of likely N-dealkylation sites (tertiary alicyclic amines) is 1. The summed E-state index contributed by atoms with van der Waals surface area (Å²) in [4.78, 5) is 43.4. The summed E-state index contributed by atoms with van der Waals surface area (Å²) in [5.74, 6) is -3.31. The van der Waals surface area contributed by atoms with Crippen molar-refractivity contribution in [3.8, 4) is 11.1 Å². The molecule has 0 aliphatic carbocycles. The fourth-order valence-corrected chi connectivity index (χ4v) is 4.63. The van der Waals surface area contributed by atoms with Crippen LogP contribution in [0.1, 0.15) is 64.2 Å². The van der Waals surface area contributed by atoms with Crippen molar-refractivity contribution in [2.45, 2.75) is 65.9 Å². The molecule has 3 N–H and O–H groups in total. The lowest BCUT2D eigenvalue weighted by Crippen LogP contribution is -2.46. The number of aryl methyl sites for hydroxylation is 1. The lowest BCUT2D eigenvalue weighted by atomic mass is 9.95. The molecule has 3 rings (SSSR count). The molecule has 1 aliphatic rings. The van der Waals surface area contributed by atoms with Gasteiger partial charge in [-0.3, -0.25) is 15.1 Å². The second-order valence-corrected chi connectivity index (χ2v) is 11.9. The third-order valence-corrected chi connectivity index (χ3v) is 6.67. The van der Waals surface area contributed by atoms with Gasteiger partial charge in [-0.2, -0.15) is 0 Å². The molecule has 0 spiro atoms. The number of ether oxygens (including phenoxy) is 1. The van der Waals surface area contributed by atoms with Gasteiger partial charge in [0.25, 0.3) is 5.92 Å². The Morgan fingerprint density at radius 3 is 2.41 bits per heavy atom. The highest BCUT2D eigenvalue weighted by molar-refractivity contribution is 5.93. The van der Waals surface area contributed by atoms with Gasteiger partial charge >= 0.3 is 12.1 Å². The lowest BCUT2D eigenvalue weighted by Gasteiger charge is -2.29. The van der Waals surface area contributed by atoms with E-state index in [1.807, 2.05) is 25.1 Å². The number of halogens is 2. The number of aromatic nitrogens is 1. The Labute approximate surface area is 257 Å². The number of nitrogens with one attached hydrogen (secondary N) is 3. The first kappa shape index (κ1) is 34.0. The average molecular weight is 610 g/mol. The maximum Gasteiger partial charge on any atom is 0.412 e. The molecule has 1 saturated heterocycles. The van der Waals surface area contributed by atoms with Crippen LogP contribution in [-0.2, 0) is 9.53 Å². The van der Waals surface area contributed by atoms with Crippen molar-refractivity contribution in [1.82, 2.24) is 20.5 Å². The summed E-state index contributed by atoms with van der Waals surface area (Å²) in [6.07, 6.45) is 8.68. The minimum Gasteiger partial charge on any atom is -0.444 e. The number of alkyl halides is 2. The molecule has 0 saturated carbocycles. The second kappa shape index (κ2) is 14.3. The molecule has 1 fully saturated rings. The zero-order valence-electron chi connectivity index (χ0n) is 26.1. The summed E-state index contributed by atoms with van der Waals surface area (Å²) in [5.41, 5.74) is 5.21. The number of carbonyl (C=O) groups excluding carboxylic acids is 3. The first-order chi connectivity index (χ1) is 20.5. The third kappa shape index (κ3) is 10.3. The first-order valence-electron chi connectivity index (χ1n) is 14.4. The highest BCUT2D eigenvalue weighted by atomic mass is 19.3. The van der Waals surface area contributed by atoms with E-state index in [1.54, 1.807) is 52.2 Å². The summed E-state index contributed by atoms with van der Waals surface area (Å²) >= 11 is 0. The normalized spacial score (nSPS) is 14.0. The standard InChI is InChI=1S/C33H41F2N5O4/c1-8-26-24(17-25(27-19-36-12-9-21(27)2)18-28(26)39-31(43)44-32(4,5)6)15-22(3)38-29(41)16-23-10-13-40(14-11-23)30(42)37-20-33(7,34)35/h8-9,12,15-19H,1,10-11,13-14,20H2,2-7H3,(H,37,42)(H,38,41)(H,39,43)/b22-15+. The van der Waals surface area contributed by atoms with E-state index in [-0.39, 0.29) is 5.91 Å². The number of nitrogens with zero attached hydrogens (tertiary/aromatic N) is 2. The van der Waals surface area contributed by atoms with E-state index in [0.717, 1.165) is 29.2 Å². The highest BCUT2D eigenvalue weighted by Crippen LogP contribution is 2.33. The van der Waals surface area contributed by atoms with E-state index in [1.165, 1.54) is 11.0 Å². The molecule has 0 atom stereocenters. The Balaban J connectivity index is 1.80. The van der Waals surface area contributed by atoms with E-state index in [2.05, 4.69) is 27.5 Å². The monoisotopic (exact) mass is 609 g/mol. The van der Waals surface area contributed by atoms with E-state index < -0.39 is 30.2 Å². The molecule has 1 aliphatic heterocycles. The molecule has 1 aromatic carbocycles. The largest absolute Gasteiger partial charge is 0.444 e. The van der Waals surface area contributed by atoms with E-state index in [0.29, 0.717) is 48.4 Å². The fraction of sp³-hybridized carbons (Fsp3) is 0.394. The van der Waals surface area contributed by atoms with Crippen molar-refractivity contribution >= 4 is 35.9 Å². The molecule has 44 heavy (non-hydrogen) atoms. The van der Waals surface area contributed by atoms with Crippen LogP contribution in [0.25, 0.3) is 23.3 Å². The van der Waals surface area contributed by atoms with Gasteiger partial charge in [0.1, 0.15) is 5.60 Å². The molecule has 0 bridgehead atoms. The van der Waals surface area contributed by atoms with E-state index in [4.69, 9.17) is 4.74 Å². The topological polar surface area (TPSA) is 113 Å². The van der Waals surface area contributed by atoms with Crippen molar-refractivity contribution in [3.05, 3.63) is 71.2 Å². The van der Waals surface area contributed by atoms with Crippen LogP contribution in [0.5, 0.6) is 0 Å². The summed E-state index contributed by atoms with van der Waals surface area (Å²) in [5, 5.41) is 7.94. The van der Waals surface area contributed by atoms with Crippen molar-refractivity contribution < 1.29 is 27.9 Å². The highest BCUT2D eigenvalue weighted by Gasteiger charge is 2.25. The fourth-order valence-electron chi connectivity index (χ4n) is 4.63. The SMILES string of the molecule is C=Cc1c(/C=C(\C)NC(=O)C=C2CCN(C(=O)NCC(C)(F)F)CC2)cc(-c2cnccc2C)cc1NC(=O)OC(C)(C)C. The Morgan fingerprint density at radius 1 is 1.14 bits per heavy atom. The predicted octanol–water partition coefficient (Wildman–Crippen LogP) is 6.91. The van der Waals surface area contributed by atoms with Gasteiger partial charge in [0.05, 0.1) is 12.2 Å². The van der Waals surface area contributed by atoms with E-state index >= 15 is 0 Å². The number of carbonyl (C=O) groups is 3. The quantitative estimate of drug-likeness (QED) is 0.282. The van der Waals surface area contributed by atoms with Crippen LogP contribution in [0, 0.1) is 6.92 Å². The number of benzene rings is 1. The van der Waals surface area contributed by atoms with Crippen molar-refractivity contribution in [2.75, 3.05) is 25.0 Å². The number of urea groups is 1. The minimum atomic E-state index is -2.98. The van der Waals surface area contributed by atoms with Crippen LogP contribution in [-0.4, -0.2) is 59.1 Å².